The molecule has 0 amide bonds. The number of benzene rings is 1. The van der Waals surface area contributed by atoms with E-state index < -0.39 is 0 Å². The zero-order chi connectivity index (χ0) is 11.7. The van der Waals surface area contributed by atoms with Crippen LogP contribution in [0.25, 0.3) is 0 Å². The molecule has 16 heavy (non-hydrogen) atoms. The minimum atomic E-state index is 0.0713. The maximum atomic E-state index is 6.15. The van der Waals surface area contributed by atoms with E-state index in [1.165, 1.54) is 0 Å². The molecule has 1 aromatic carbocycles. The Morgan fingerprint density at radius 1 is 1.44 bits per heavy atom. The maximum absolute atomic E-state index is 6.15. The van der Waals surface area contributed by atoms with E-state index in [0.717, 1.165) is 23.5 Å². The summed E-state index contributed by atoms with van der Waals surface area (Å²) in [7, 11) is 1.66. The maximum Gasteiger partial charge on any atom is 0.128 e. The normalized spacial score (nSPS) is 23.8. The summed E-state index contributed by atoms with van der Waals surface area (Å²) in [4.78, 5) is 0. The third-order valence-electron chi connectivity index (χ3n) is 3.13. The Balaban J connectivity index is 2.31. The highest BCUT2D eigenvalue weighted by Gasteiger charge is 2.28. The van der Waals surface area contributed by atoms with Crippen molar-refractivity contribution in [3.63, 3.8) is 0 Å². The molecule has 0 aromatic heterocycles. The molecule has 0 saturated heterocycles. The average Bonchev–Trinajstić information content (AvgIpc) is 2.28. The van der Waals surface area contributed by atoms with Gasteiger partial charge in [0.1, 0.15) is 17.6 Å². The van der Waals surface area contributed by atoms with Gasteiger partial charge in [0, 0.05) is 24.1 Å². The molecular weight excluding hydrogens is 202 g/mol. The fraction of sp³-hybridized carbons (Fsp3) is 0.538. The number of hydrogen-bond donors (Lipinski definition) is 1. The number of nitrogens with two attached hydrogens (primary N) is 1. The molecule has 2 atom stereocenters. The standard InChI is InChI=1S/C13H19NO2/c1-8(2)12-7-11(14)10-5-4-9(15-3)6-13(10)16-12/h4-6,8,11-12H,7,14H2,1-3H3/t11-,12?/m1/s1. The van der Waals surface area contributed by atoms with Gasteiger partial charge in [-0.25, -0.2) is 0 Å². The molecule has 0 spiro atoms. The summed E-state index contributed by atoms with van der Waals surface area (Å²) < 4.78 is 11.1. The molecule has 2 N–H and O–H groups in total. The van der Waals surface area contributed by atoms with Crippen LogP contribution in [0.2, 0.25) is 0 Å². The lowest BCUT2D eigenvalue weighted by atomic mass is 9.92. The molecule has 1 aliphatic rings. The Morgan fingerprint density at radius 3 is 2.81 bits per heavy atom. The fourth-order valence-corrected chi connectivity index (χ4v) is 2.05. The molecule has 2 rings (SSSR count). The van der Waals surface area contributed by atoms with Gasteiger partial charge in [0.25, 0.3) is 0 Å². The van der Waals surface area contributed by atoms with Crippen molar-refractivity contribution in [1.82, 2.24) is 0 Å². The molecule has 0 bridgehead atoms. The summed E-state index contributed by atoms with van der Waals surface area (Å²) in [6.07, 6.45) is 1.09. The van der Waals surface area contributed by atoms with Crippen LogP contribution in [0, 0.1) is 5.92 Å². The van der Waals surface area contributed by atoms with Crippen molar-refractivity contribution in [2.45, 2.75) is 32.4 Å². The largest absolute Gasteiger partial charge is 0.497 e. The van der Waals surface area contributed by atoms with Crippen molar-refractivity contribution in [3.8, 4) is 11.5 Å². The van der Waals surface area contributed by atoms with E-state index >= 15 is 0 Å². The Labute approximate surface area is 96.5 Å². The zero-order valence-electron chi connectivity index (χ0n) is 10.1. The third-order valence-corrected chi connectivity index (χ3v) is 3.13. The minimum Gasteiger partial charge on any atom is -0.497 e. The number of ether oxygens (including phenoxy) is 2. The molecule has 88 valence electrons. The smallest absolute Gasteiger partial charge is 0.128 e. The lowest BCUT2D eigenvalue weighted by Crippen LogP contribution is -2.33. The summed E-state index contributed by atoms with van der Waals surface area (Å²) >= 11 is 0. The second kappa shape index (κ2) is 4.34. The van der Waals surface area contributed by atoms with E-state index in [-0.39, 0.29) is 12.1 Å². The van der Waals surface area contributed by atoms with Gasteiger partial charge < -0.3 is 15.2 Å². The van der Waals surface area contributed by atoms with Crippen LogP contribution in [-0.4, -0.2) is 13.2 Å². The van der Waals surface area contributed by atoms with Crippen LogP contribution in [0.1, 0.15) is 31.9 Å². The summed E-state index contributed by atoms with van der Waals surface area (Å²) in [6.45, 7) is 4.31. The molecule has 1 aliphatic heterocycles. The predicted molar refractivity (Wildman–Crippen MR) is 63.8 cm³/mol. The van der Waals surface area contributed by atoms with Gasteiger partial charge in [0.15, 0.2) is 0 Å². The zero-order valence-corrected chi connectivity index (χ0v) is 10.1. The van der Waals surface area contributed by atoms with Crippen molar-refractivity contribution in [2.75, 3.05) is 7.11 Å². The Morgan fingerprint density at radius 2 is 2.19 bits per heavy atom. The van der Waals surface area contributed by atoms with E-state index in [2.05, 4.69) is 13.8 Å². The first-order valence-electron chi connectivity index (χ1n) is 5.72. The van der Waals surface area contributed by atoms with Gasteiger partial charge >= 0.3 is 0 Å². The van der Waals surface area contributed by atoms with Gasteiger partial charge in [0.05, 0.1) is 7.11 Å². The molecule has 1 aromatic rings. The number of hydrogen-bond acceptors (Lipinski definition) is 3. The number of rotatable bonds is 2. The first-order chi connectivity index (χ1) is 7.61. The van der Waals surface area contributed by atoms with Gasteiger partial charge in [-0.2, -0.15) is 0 Å². The van der Waals surface area contributed by atoms with Crippen LogP contribution in [0.4, 0.5) is 0 Å². The molecule has 3 heteroatoms. The molecule has 0 saturated carbocycles. The summed E-state index contributed by atoms with van der Waals surface area (Å²) in [5.41, 5.74) is 7.23. The van der Waals surface area contributed by atoms with Crippen LogP contribution < -0.4 is 15.2 Å². The monoisotopic (exact) mass is 221 g/mol. The topological polar surface area (TPSA) is 44.5 Å². The van der Waals surface area contributed by atoms with Gasteiger partial charge in [0.2, 0.25) is 0 Å². The van der Waals surface area contributed by atoms with Crippen molar-refractivity contribution in [3.05, 3.63) is 23.8 Å². The summed E-state index contributed by atoms with van der Waals surface area (Å²) in [5.74, 6) is 2.16. The molecule has 1 heterocycles. The second-order valence-corrected chi connectivity index (χ2v) is 4.65. The quantitative estimate of drug-likeness (QED) is 0.834. The predicted octanol–water partition coefficient (Wildman–Crippen LogP) is 2.50. The van der Waals surface area contributed by atoms with Crippen LogP contribution in [0.15, 0.2) is 18.2 Å². The van der Waals surface area contributed by atoms with Gasteiger partial charge in [-0.1, -0.05) is 19.9 Å². The minimum absolute atomic E-state index is 0.0713. The molecule has 0 aliphatic carbocycles. The van der Waals surface area contributed by atoms with E-state index in [0.29, 0.717) is 5.92 Å². The molecular formula is C13H19NO2. The SMILES string of the molecule is COc1ccc2c(c1)OC(C(C)C)C[C@H]2N. The van der Waals surface area contributed by atoms with E-state index in [4.69, 9.17) is 15.2 Å². The lowest BCUT2D eigenvalue weighted by molar-refractivity contribution is 0.114. The fourth-order valence-electron chi connectivity index (χ4n) is 2.05. The molecule has 0 radical (unpaired) electrons. The van der Waals surface area contributed by atoms with Crippen LogP contribution in [0.5, 0.6) is 11.5 Å². The van der Waals surface area contributed by atoms with Gasteiger partial charge in [-0.3, -0.25) is 0 Å². The third kappa shape index (κ3) is 2.00. The van der Waals surface area contributed by atoms with Crippen LogP contribution in [-0.2, 0) is 0 Å². The average molecular weight is 221 g/mol. The van der Waals surface area contributed by atoms with Crippen LogP contribution in [0.3, 0.4) is 0 Å². The van der Waals surface area contributed by atoms with Crippen molar-refractivity contribution in [2.24, 2.45) is 11.7 Å². The van der Waals surface area contributed by atoms with E-state index in [1.807, 2.05) is 18.2 Å². The Kier molecular flexibility index (Phi) is 3.06. The molecule has 3 nitrogen and oxygen atoms in total. The highest BCUT2D eigenvalue weighted by Crippen LogP contribution is 2.37. The highest BCUT2D eigenvalue weighted by molar-refractivity contribution is 5.43. The van der Waals surface area contributed by atoms with Crippen molar-refractivity contribution >= 4 is 0 Å². The molecule has 1 unspecified atom stereocenters. The first kappa shape index (κ1) is 11.3. The van der Waals surface area contributed by atoms with E-state index in [9.17, 15) is 0 Å². The van der Waals surface area contributed by atoms with Crippen molar-refractivity contribution in [1.29, 1.82) is 0 Å². The number of fused-ring (bicyclic) bond motifs is 1. The lowest BCUT2D eigenvalue weighted by Gasteiger charge is -2.32. The molecule has 0 fully saturated rings. The van der Waals surface area contributed by atoms with E-state index in [1.54, 1.807) is 7.11 Å². The van der Waals surface area contributed by atoms with Gasteiger partial charge in [-0.05, 0) is 12.0 Å². The van der Waals surface area contributed by atoms with Crippen LogP contribution >= 0.6 is 0 Å². The highest BCUT2D eigenvalue weighted by atomic mass is 16.5. The van der Waals surface area contributed by atoms with Crippen molar-refractivity contribution < 1.29 is 9.47 Å². The number of methoxy groups -OCH3 is 1. The Hall–Kier alpha value is -1.22. The Bertz CT molecular complexity index is 376. The summed E-state index contributed by atoms with van der Waals surface area (Å²) in [5, 5.41) is 0. The second-order valence-electron chi connectivity index (χ2n) is 4.65. The first-order valence-corrected chi connectivity index (χ1v) is 5.72. The summed E-state index contributed by atoms with van der Waals surface area (Å²) in [6, 6.07) is 5.92. The van der Waals surface area contributed by atoms with Gasteiger partial charge in [-0.15, -0.1) is 0 Å².